The van der Waals surface area contributed by atoms with Gasteiger partial charge in [0.2, 0.25) is 6.29 Å². The first-order valence-electron chi connectivity index (χ1n) is 6.06. The van der Waals surface area contributed by atoms with Crippen LogP contribution in [0.5, 0.6) is 0 Å². The Kier molecular flexibility index (Phi) is 6.49. The molecule has 0 N–H and O–H groups in total. The molecule has 0 fully saturated rings. The van der Waals surface area contributed by atoms with E-state index in [2.05, 4.69) is 33.9 Å². The van der Waals surface area contributed by atoms with Gasteiger partial charge in [0, 0.05) is 0 Å². The van der Waals surface area contributed by atoms with Crippen molar-refractivity contribution < 1.29 is 18.8 Å². The van der Waals surface area contributed by atoms with Crippen LogP contribution in [0, 0.1) is 0 Å². The third-order valence-electron chi connectivity index (χ3n) is 3.15. The summed E-state index contributed by atoms with van der Waals surface area (Å²) in [4.78, 5) is 20.8. The molecule has 0 spiro atoms. The van der Waals surface area contributed by atoms with E-state index < -0.39 is 20.4 Å². The van der Waals surface area contributed by atoms with Crippen LogP contribution in [-0.2, 0) is 18.8 Å². The van der Waals surface area contributed by atoms with E-state index in [-0.39, 0.29) is 11.3 Å². The molecule has 5 heteroatoms. The number of aldehydes is 1. The van der Waals surface area contributed by atoms with Crippen LogP contribution in [0.15, 0.2) is 12.2 Å². The Balaban J connectivity index is 4.12. The average molecular weight is 272 g/mol. The second-order valence-corrected chi connectivity index (χ2v) is 10.6. The molecule has 0 aliphatic carbocycles. The zero-order valence-electron chi connectivity index (χ0n) is 12.1. The largest absolute Gasteiger partial charge is 0.453 e. The molecule has 18 heavy (non-hydrogen) atoms. The van der Waals surface area contributed by atoms with Crippen LogP contribution in [-0.4, -0.2) is 33.3 Å². The van der Waals surface area contributed by atoms with Crippen molar-refractivity contribution in [1.82, 2.24) is 0 Å². The quantitative estimate of drug-likeness (QED) is 0.245. The molecule has 0 saturated carbocycles. The van der Waals surface area contributed by atoms with Crippen molar-refractivity contribution in [3.05, 3.63) is 12.2 Å². The monoisotopic (exact) mass is 272 g/mol. The van der Waals surface area contributed by atoms with Gasteiger partial charge in [-0.05, 0) is 31.1 Å². The SMILES string of the molecule is C[C@@H](C=CCO[Si](C)(C)C(C)(C)C)OC(=O)C=O. The summed E-state index contributed by atoms with van der Waals surface area (Å²) in [6, 6.07) is 0. The molecule has 0 aromatic heterocycles. The summed E-state index contributed by atoms with van der Waals surface area (Å²) >= 11 is 0. The molecule has 0 unspecified atom stereocenters. The molecule has 1 atom stereocenters. The lowest BCUT2D eigenvalue weighted by Gasteiger charge is -2.35. The summed E-state index contributed by atoms with van der Waals surface area (Å²) in [5, 5.41) is 0.177. The van der Waals surface area contributed by atoms with E-state index in [0.29, 0.717) is 6.61 Å². The highest BCUT2D eigenvalue weighted by Gasteiger charge is 2.36. The number of carbonyl (C=O) groups excluding carboxylic acids is 2. The molecule has 0 rings (SSSR count). The second-order valence-electron chi connectivity index (χ2n) is 5.76. The van der Waals surface area contributed by atoms with Gasteiger partial charge >= 0.3 is 5.97 Å². The van der Waals surface area contributed by atoms with Gasteiger partial charge in [0.05, 0.1) is 6.61 Å². The van der Waals surface area contributed by atoms with Gasteiger partial charge in [-0.15, -0.1) is 0 Å². The van der Waals surface area contributed by atoms with Gasteiger partial charge in [-0.1, -0.05) is 26.8 Å². The van der Waals surface area contributed by atoms with Crippen LogP contribution >= 0.6 is 0 Å². The van der Waals surface area contributed by atoms with Crippen molar-refractivity contribution in [1.29, 1.82) is 0 Å². The predicted octanol–water partition coefficient (Wildman–Crippen LogP) is 2.70. The van der Waals surface area contributed by atoms with E-state index in [1.807, 2.05) is 6.08 Å². The van der Waals surface area contributed by atoms with Crippen LogP contribution < -0.4 is 0 Å². The number of ether oxygens (including phenoxy) is 1. The summed E-state index contributed by atoms with van der Waals surface area (Å²) in [5.41, 5.74) is 0. The molecule has 0 heterocycles. The van der Waals surface area contributed by atoms with Gasteiger partial charge in [-0.3, -0.25) is 4.79 Å². The van der Waals surface area contributed by atoms with E-state index in [1.54, 1.807) is 13.0 Å². The number of esters is 1. The zero-order chi connectivity index (χ0) is 14.4. The maximum absolute atomic E-state index is 10.7. The molecule has 0 radical (unpaired) electrons. The number of hydrogen-bond acceptors (Lipinski definition) is 4. The molecule has 0 aromatic rings. The maximum atomic E-state index is 10.7. The maximum Gasteiger partial charge on any atom is 0.371 e. The summed E-state index contributed by atoms with van der Waals surface area (Å²) in [5.74, 6) is -0.850. The van der Waals surface area contributed by atoms with Crippen LogP contribution in [0.2, 0.25) is 18.1 Å². The number of hydrogen-bond donors (Lipinski definition) is 0. The lowest BCUT2D eigenvalue weighted by atomic mass is 10.2. The number of carbonyl (C=O) groups is 2. The first-order valence-corrected chi connectivity index (χ1v) is 8.97. The Labute approximate surface area is 110 Å². The minimum atomic E-state index is -1.73. The molecule has 0 aliphatic rings. The summed E-state index contributed by atoms with van der Waals surface area (Å²) in [6.07, 6.45) is 3.29. The minimum absolute atomic E-state index is 0.163. The summed E-state index contributed by atoms with van der Waals surface area (Å²) in [7, 11) is -1.73. The molecule has 0 saturated heterocycles. The van der Waals surface area contributed by atoms with Gasteiger partial charge in [-0.25, -0.2) is 4.79 Å². The van der Waals surface area contributed by atoms with Gasteiger partial charge in [-0.2, -0.15) is 0 Å². The first kappa shape index (κ1) is 17.1. The third-order valence-corrected chi connectivity index (χ3v) is 7.65. The Morgan fingerprint density at radius 2 is 1.89 bits per heavy atom. The third kappa shape index (κ3) is 6.12. The van der Waals surface area contributed by atoms with Crippen molar-refractivity contribution in [2.45, 2.75) is 51.9 Å². The normalized spacial score (nSPS) is 14.6. The first-order chi connectivity index (χ1) is 8.10. The van der Waals surface area contributed by atoms with E-state index >= 15 is 0 Å². The highest BCUT2D eigenvalue weighted by molar-refractivity contribution is 6.74. The molecule has 4 nitrogen and oxygen atoms in total. The fourth-order valence-corrected chi connectivity index (χ4v) is 1.92. The minimum Gasteiger partial charge on any atom is -0.453 e. The Morgan fingerprint density at radius 1 is 1.33 bits per heavy atom. The van der Waals surface area contributed by atoms with Crippen LogP contribution in [0.25, 0.3) is 0 Å². The second kappa shape index (κ2) is 6.85. The summed E-state index contributed by atoms with van der Waals surface area (Å²) in [6.45, 7) is 13.1. The lowest BCUT2D eigenvalue weighted by Crippen LogP contribution is -2.40. The van der Waals surface area contributed by atoms with Crippen LogP contribution in [0.1, 0.15) is 27.7 Å². The van der Waals surface area contributed by atoms with Crippen LogP contribution in [0.4, 0.5) is 0 Å². The Hall–Kier alpha value is -0.943. The highest BCUT2D eigenvalue weighted by atomic mass is 28.4. The summed E-state index contributed by atoms with van der Waals surface area (Å²) < 4.78 is 10.7. The standard InChI is InChI=1S/C13H24O4Si/c1-11(17-12(15)10-14)8-7-9-16-18(5,6)13(2,3)4/h7-8,10-11H,9H2,1-6H3/t11-/m0/s1. The van der Waals surface area contributed by atoms with Gasteiger partial charge in [0.15, 0.2) is 8.32 Å². The van der Waals surface area contributed by atoms with Crippen molar-refractivity contribution in [2.75, 3.05) is 6.61 Å². The predicted molar refractivity (Wildman–Crippen MR) is 73.9 cm³/mol. The average Bonchev–Trinajstić information content (AvgIpc) is 2.22. The van der Waals surface area contributed by atoms with Gasteiger partial charge in [0.1, 0.15) is 6.10 Å². The molecule has 0 aromatic carbocycles. The lowest BCUT2D eigenvalue weighted by molar-refractivity contribution is -0.150. The molecule has 0 amide bonds. The van der Waals surface area contributed by atoms with Gasteiger partial charge < -0.3 is 9.16 Å². The fraction of sp³-hybridized carbons (Fsp3) is 0.692. The Bertz CT molecular complexity index is 315. The van der Waals surface area contributed by atoms with E-state index in [9.17, 15) is 9.59 Å². The molecule has 0 aliphatic heterocycles. The molecule has 104 valence electrons. The van der Waals surface area contributed by atoms with Gasteiger partial charge in [0.25, 0.3) is 0 Å². The highest BCUT2D eigenvalue weighted by Crippen LogP contribution is 2.36. The molecule has 0 bridgehead atoms. The molecular formula is C13H24O4Si. The fourth-order valence-electron chi connectivity index (χ4n) is 0.970. The van der Waals surface area contributed by atoms with Crippen molar-refractivity contribution in [3.63, 3.8) is 0 Å². The van der Waals surface area contributed by atoms with Crippen LogP contribution in [0.3, 0.4) is 0 Å². The van der Waals surface area contributed by atoms with E-state index in [1.165, 1.54) is 0 Å². The smallest absolute Gasteiger partial charge is 0.371 e. The van der Waals surface area contributed by atoms with Crippen molar-refractivity contribution in [2.24, 2.45) is 0 Å². The Morgan fingerprint density at radius 3 is 2.33 bits per heavy atom. The number of rotatable bonds is 6. The zero-order valence-corrected chi connectivity index (χ0v) is 13.1. The van der Waals surface area contributed by atoms with Crippen molar-refractivity contribution in [3.8, 4) is 0 Å². The van der Waals surface area contributed by atoms with E-state index in [0.717, 1.165) is 0 Å². The topological polar surface area (TPSA) is 52.6 Å². The molecular weight excluding hydrogens is 248 g/mol. The van der Waals surface area contributed by atoms with Crippen molar-refractivity contribution >= 4 is 20.6 Å². The van der Waals surface area contributed by atoms with E-state index in [4.69, 9.17) is 9.16 Å².